The van der Waals surface area contributed by atoms with Gasteiger partial charge in [0.25, 0.3) is 0 Å². The lowest BCUT2D eigenvalue weighted by Crippen LogP contribution is -2.03. The topological polar surface area (TPSA) is 84.3 Å². The largest absolute Gasteiger partial charge is 0.495 e. The standard InChI is InChI=1S/C12H10ClN3O3/c1-19-10-6-7(2-3-8(10)13)14-11-5-4-9(12(17)18)15-16-11/h2-6H,1H3,(H,14,16)(H,17,18). The minimum Gasteiger partial charge on any atom is -0.495 e. The number of anilines is 2. The van der Waals surface area contributed by atoms with Gasteiger partial charge in [0, 0.05) is 11.8 Å². The van der Waals surface area contributed by atoms with Gasteiger partial charge >= 0.3 is 5.97 Å². The third-order valence-electron chi connectivity index (χ3n) is 2.31. The second-order valence-electron chi connectivity index (χ2n) is 3.58. The van der Waals surface area contributed by atoms with Gasteiger partial charge in [0.1, 0.15) is 5.75 Å². The number of carbonyl (C=O) groups is 1. The van der Waals surface area contributed by atoms with Gasteiger partial charge in [-0.1, -0.05) is 11.6 Å². The number of methoxy groups -OCH3 is 1. The minimum absolute atomic E-state index is 0.112. The van der Waals surface area contributed by atoms with Crippen LogP contribution in [-0.4, -0.2) is 28.4 Å². The minimum atomic E-state index is -1.12. The SMILES string of the molecule is COc1cc(Nc2ccc(C(=O)O)nn2)ccc1Cl. The molecule has 0 bridgehead atoms. The second-order valence-corrected chi connectivity index (χ2v) is 3.99. The molecule has 98 valence electrons. The van der Waals surface area contributed by atoms with E-state index in [9.17, 15) is 4.79 Å². The molecule has 0 aliphatic rings. The van der Waals surface area contributed by atoms with Gasteiger partial charge in [-0.05, 0) is 24.3 Å². The Kier molecular flexibility index (Phi) is 3.82. The zero-order valence-electron chi connectivity index (χ0n) is 9.92. The fourth-order valence-corrected chi connectivity index (χ4v) is 1.59. The second kappa shape index (κ2) is 5.53. The van der Waals surface area contributed by atoms with E-state index in [1.165, 1.54) is 19.2 Å². The molecule has 0 saturated heterocycles. The number of carboxylic acid groups (broad SMARTS) is 1. The summed E-state index contributed by atoms with van der Waals surface area (Å²) in [5.74, 6) is -0.164. The maximum absolute atomic E-state index is 10.6. The molecule has 0 saturated carbocycles. The van der Waals surface area contributed by atoms with E-state index in [2.05, 4.69) is 15.5 Å². The predicted octanol–water partition coefficient (Wildman–Crippen LogP) is 2.58. The van der Waals surface area contributed by atoms with E-state index in [1.54, 1.807) is 18.2 Å². The molecule has 0 atom stereocenters. The van der Waals surface area contributed by atoms with Crippen molar-refractivity contribution in [1.29, 1.82) is 0 Å². The highest BCUT2D eigenvalue weighted by Crippen LogP contribution is 2.28. The summed E-state index contributed by atoms with van der Waals surface area (Å²) in [6, 6.07) is 8.02. The average Bonchev–Trinajstić information content (AvgIpc) is 2.41. The van der Waals surface area contributed by atoms with Crippen LogP contribution in [0.15, 0.2) is 30.3 Å². The number of rotatable bonds is 4. The zero-order chi connectivity index (χ0) is 13.8. The first-order valence-electron chi connectivity index (χ1n) is 5.28. The van der Waals surface area contributed by atoms with Crippen LogP contribution >= 0.6 is 11.6 Å². The van der Waals surface area contributed by atoms with Crippen LogP contribution in [-0.2, 0) is 0 Å². The first-order valence-corrected chi connectivity index (χ1v) is 5.65. The van der Waals surface area contributed by atoms with Crippen LogP contribution in [0.25, 0.3) is 0 Å². The molecular weight excluding hydrogens is 270 g/mol. The van der Waals surface area contributed by atoms with Crippen molar-refractivity contribution in [3.8, 4) is 5.75 Å². The number of nitrogens with one attached hydrogen (secondary N) is 1. The summed E-state index contributed by atoms with van der Waals surface area (Å²) in [7, 11) is 1.52. The number of ether oxygens (including phenoxy) is 1. The van der Waals surface area contributed by atoms with Crippen LogP contribution in [0.3, 0.4) is 0 Å². The predicted molar refractivity (Wildman–Crippen MR) is 70.3 cm³/mol. The molecule has 0 fully saturated rings. The summed E-state index contributed by atoms with van der Waals surface area (Å²) < 4.78 is 5.09. The molecule has 0 amide bonds. The molecular formula is C12H10ClN3O3. The van der Waals surface area contributed by atoms with Crippen molar-refractivity contribution < 1.29 is 14.6 Å². The van der Waals surface area contributed by atoms with Crippen molar-refractivity contribution in [1.82, 2.24) is 10.2 Å². The van der Waals surface area contributed by atoms with Crippen LogP contribution in [0.4, 0.5) is 11.5 Å². The van der Waals surface area contributed by atoms with Crippen molar-refractivity contribution in [3.05, 3.63) is 41.0 Å². The Bertz CT molecular complexity index is 602. The van der Waals surface area contributed by atoms with E-state index in [0.717, 1.165) is 0 Å². The summed E-state index contributed by atoms with van der Waals surface area (Å²) in [5.41, 5.74) is 0.595. The van der Waals surface area contributed by atoms with E-state index in [4.69, 9.17) is 21.4 Å². The van der Waals surface area contributed by atoms with E-state index >= 15 is 0 Å². The molecule has 0 radical (unpaired) electrons. The number of nitrogens with zero attached hydrogens (tertiary/aromatic N) is 2. The van der Waals surface area contributed by atoms with Crippen molar-refractivity contribution in [2.24, 2.45) is 0 Å². The van der Waals surface area contributed by atoms with Gasteiger partial charge in [0.15, 0.2) is 11.5 Å². The van der Waals surface area contributed by atoms with E-state index in [0.29, 0.717) is 22.3 Å². The van der Waals surface area contributed by atoms with Crippen LogP contribution in [0.2, 0.25) is 5.02 Å². The number of hydrogen-bond donors (Lipinski definition) is 2. The fourth-order valence-electron chi connectivity index (χ4n) is 1.40. The fraction of sp³-hybridized carbons (Fsp3) is 0.0833. The van der Waals surface area contributed by atoms with Crippen LogP contribution in [0.1, 0.15) is 10.5 Å². The van der Waals surface area contributed by atoms with Gasteiger partial charge in [-0.15, -0.1) is 10.2 Å². The Labute approximate surface area is 114 Å². The van der Waals surface area contributed by atoms with E-state index < -0.39 is 5.97 Å². The highest BCUT2D eigenvalue weighted by atomic mass is 35.5. The highest BCUT2D eigenvalue weighted by Gasteiger charge is 2.06. The molecule has 0 unspecified atom stereocenters. The average molecular weight is 280 g/mol. The van der Waals surface area contributed by atoms with E-state index in [-0.39, 0.29) is 5.69 Å². The summed E-state index contributed by atoms with van der Waals surface area (Å²) >= 11 is 5.91. The Balaban J connectivity index is 2.19. The van der Waals surface area contributed by atoms with Crippen molar-refractivity contribution in [2.75, 3.05) is 12.4 Å². The lowest BCUT2D eigenvalue weighted by Gasteiger charge is -2.08. The number of benzene rings is 1. The van der Waals surface area contributed by atoms with Gasteiger partial charge in [-0.25, -0.2) is 4.79 Å². The number of hydrogen-bond acceptors (Lipinski definition) is 5. The van der Waals surface area contributed by atoms with Gasteiger partial charge in [-0.3, -0.25) is 0 Å². The van der Waals surface area contributed by atoms with Crippen molar-refractivity contribution in [3.63, 3.8) is 0 Å². The highest BCUT2D eigenvalue weighted by molar-refractivity contribution is 6.32. The third kappa shape index (κ3) is 3.11. The van der Waals surface area contributed by atoms with Gasteiger partial charge < -0.3 is 15.2 Å². The summed E-state index contributed by atoms with van der Waals surface area (Å²) in [6.07, 6.45) is 0. The summed E-state index contributed by atoms with van der Waals surface area (Å²) in [6.45, 7) is 0. The summed E-state index contributed by atoms with van der Waals surface area (Å²) in [4.78, 5) is 10.6. The quantitative estimate of drug-likeness (QED) is 0.895. The number of halogens is 1. The molecule has 1 aromatic heterocycles. The van der Waals surface area contributed by atoms with E-state index in [1.807, 2.05) is 0 Å². The molecule has 2 N–H and O–H groups in total. The smallest absolute Gasteiger partial charge is 0.356 e. The zero-order valence-corrected chi connectivity index (χ0v) is 10.7. The number of aromatic carboxylic acids is 1. The maximum Gasteiger partial charge on any atom is 0.356 e. The monoisotopic (exact) mass is 279 g/mol. The van der Waals surface area contributed by atoms with Gasteiger partial charge in [0.05, 0.1) is 12.1 Å². The van der Waals surface area contributed by atoms with Gasteiger partial charge in [-0.2, -0.15) is 0 Å². The first kappa shape index (κ1) is 13.1. The molecule has 2 rings (SSSR count). The maximum atomic E-state index is 10.6. The number of carboxylic acids is 1. The summed E-state index contributed by atoms with van der Waals surface area (Å²) in [5, 5.41) is 19.5. The Morgan fingerprint density at radius 1 is 1.32 bits per heavy atom. The molecule has 19 heavy (non-hydrogen) atoms. The lowest BCUT2D eigenvalue weighted by atomic mass is 10.3. The Hall–Kier alpha value is -2.34. The molecule has 7 heteroatoms. The first-order chi connectivity index (χ1) is 9.10. The third-order valence-corrected chi connectivity index (χ3v) is 2.62. The van der Waals surface area contributed by atoms with Crippen molar-refractivity contribution >= 4 is 29.1 Å². The van der Waals surface area contributed by atoms with Crippen LogP contribution in [0.5, 0.6) is 5.75 Å². The molecule has 0 aliphatic carbocycles. The Morgan fingerprint density at radius 2 is 2.11 bits per heavy atom. The van der Waals surface area contributed by atoms with Gasteiger partial charge in [0.2, 0.25) is 0 Å². The van der Waals surface area contributed by atoms with Crippen molar-refractivity contribution in [2.45, 2.75) is 0 Å². The van der Waals surface area contributed by atoms with Crippen LogP contribution < -0.4 is 10.1 Å². The molecule has 0 aliphatic heterocycles. The van der Waals surface area contributed by atoms with Crippen LogP contribution in [0, 0.1) is 0 Å². The molecule has 1 heterocycles. The molecule has 2 aromatic rings. The Morgan fingerprint density at radius 3 is 2.68 bits per heavy atom. The normalized spacial score (nSPS) is 10.0. The number of aromatic nitrogens is 2. The molecule has 0 spiro atoms. The molecule has 6 nitrogen and oxygen atoms in total. The molecule has 1 aromatic carbocycles. The lowest BCUT2D eigenvalue weighted by molar-refractivity contribution is 0.0689.